The number of rotatable bonds is 4. The van der Waals surface area contributed by atoms with Crippen molar-refractivity contribution in [3.05, 3.63) is 35.7 Å². The van der Waals surface area contributed by atoms with Gasteiger partial charge in [0.25, 0.3) is 5.91 Å². The summed E-state index contributed by atoms with van der Waals surface area (Å²) in [6, 6.07) is 7.31. The summed E-state index contributed by atoms with van der Waals surface area (Å²) in [6.45, 7) is 5.47. The van der Waals surface area contributed by atoms with Gasteiger partial charge >= 0.3 is 0 Å². The molecule has 0 unspecified atom stereocenters. The normalized spacial score (nSPS) is 16.5. The molecular formula is C17H19N3O4. The molecule has 126 valence electrons. The first-order valence-corrected chi connectivity index (χ1v) is 7.77. The Kier molecular flexibility index (Phi) is 4.24. The third-order valence-corrected chi connectivity index (χ3v) is 3.93. The molecule has 1 N–H and O–H groups in total. The Balaban J connectivity index is 1.70. The average molecular weight is 329 g/mol. The lowest BCUT2D eigenvalue weighted by Gasteiger charge is -2.32. The van der Waals surface area contributed by atoms with Crippen LogP contribution in [0.25, 0.3) is 0 Å². The van der Waals surface area contributed by atoms with Gasteiger partial charge in [-0.25, -0.2) is 0 Å². The van der Waals surface area contributed by atoms with Gasteiger partial charge in [-0.1, -0.05) is 17.3 Å². The van der Waals surface area contributed by atoms with Crippen molar-refractivity contribution in [3.8, 4) is 5.75 Å². The molecule has 24 heavy (non-hydrogen) atoms. The Bertz CT molecular complexity index is 764. The maximum absolute atomic E-state index is 12.4. The van der Waals surface area contributed by atoms with Crippen LogP contribution in [0.1, 0.15) is 24.8 Å². The maximum atomic E-state index is 12.4. The summed E-state index contributed by atoms with van der Waals surface area (Å²) in [5, 5.41) is 6.58. The largest absolute Gasteiger partial charge is 0.479 e. The predicted molar refractivity (Wildman–Crippen MR) is 88.1 cm³/mol. The first-order valence-electron chi connectivity index (χ1n) is 7.77. The summed E-state index contributed by atoms with van der Waals surface area (Å²) < 4.78 is 10.6. The summed E-state index contributed by atoms with van der Waals surface area (Å²) in [4.78, 5) is 26.2. The molecule has 0 aliphatic carbocycles. The second-order valence-electron chi connectivity index (χ2n) is 5.72. The maximum Gasteiger partial charge on any atom is 0.267 e. The molecule has 2 aromatic rings. The van der Waals surface area contributed by atoms with Gasteiger partial charge in [0, 0.05) is 13.0 Å². The highest BCUT2D eigenvalue weighted by molar-refractivity contribution is 6.01. The molecule has 0 saturated heterocycles. The Morgan fingerprint density at radius 1 is 1.33 bits per heavy atom. The molecule has 0 fully saturated rings. The average Bonchev–Trinajstić information content (AvgIpc) is 2.87. The summed E-state index contributed by atoms with van der Waals surface area (Å²) >= 11 is 0. The highest BCUT2D eigenvalue weighted by Gasteiger charge is 2.31. The molecule has 1 aliphatic heterocycles. The molecule has 1 aliphatic rings. The lowest BCUT2D eigenvalue weighted by molar-refractivity contribution is -0.125. The van der Waals surface area contributed by atoms with E-state index in [0.29, 0.717) is 28.6 Å². The number of hydrogen-bond donors (Lipinski definition) is 1. The lowest BCUT2D eigenvalue weighted by atomic mass is 10.1. The minimum Gasteiger partial charge on any atom is -0.479 e. The Labute approximate surface area is 139 Å². The van der Waals surface area contributed by atoms with Gasteiger partial charge in [0.2, 0.25) is 5.91 Å². The number of fused-ring (bicyclic) bond motifs is 1. The van der Waals surface area contributed by atoms with Gasteiger partial charge in [0.05, 0.1) is 5.69 Å². The van der Waals surface area contributed by atoms with Crippen molar-refractivity contribution < 1.29 is 18.8 Å². The van der Waals surface area contributed by atoms with Gasteiger partial charge in [0.15, 0.2) is 11.9 Å². The fourth-order valence-corrected chi connectivity index (χ4v) is 2.67. The number of aryl methyl sites for hydroxylation is 2. The van der Waals surface area contributed by atoms with Crippen LogP contribution >= 0.6 is 0 Å². The number of carbonyl (C=O) groups is 2. The molecule has 2 heterocycles. The molecule has 1 aromatic heterocycles. The Morgan fingerprint density at radius 3 is 2.79 bits per heavy atom. The monoisotopic (exact) mass is 329 g/mol. The van der Waals surface area contributed by atoms with Crippen LogP contribution in [0.4, 0.5) is 11.4 Å². The number of nitrogens with zero attached hydrogens (tertiary/aromatic N) is 2. The van der Waals surface area contributed by atoms with Crippen molar-refractivity contribution in [3.63, 3.8) is 0 Å². The van der Waals surface area contributed by atoms with E-state index in [2.05, 4.69) is 10.5 Å². The van der Waals surface area contributed by atoms with E-state index in [0.717, 1.165) is 0 Å². The number of para-hydroxylation sites is 2. The highest BCUT2D eigenvalue weighted by Crippen LogP contribution is 2.33. The number of benzene rings is 1. The van der Waals surface area contributed by atoms with E-state index in [1.807, 2.05) is 24.3 Å². The second kappa shape index (κ2) is 6.35. The van der Waals surface area contributed by atoms with Gasteiger partial charge in [0.1, 0.15) is 17.1 Å². The molecule has 0 radical (unpaired) electrons. The van der Waals surface area contributed by atoms with Crippen molar-refractivity contribution >= 4 is 23.2 Å². The zero-order valence-electron chi connectivity index (χ0n) is 13.8. The number of ether oxygens (including phenoxy) is 1. The summed E-state index contributed by atoms with van der Waals surface area (Å²) in [6.07, 6.45) is -0.401. The van der Waals surface area contributed by atoms with Gasteiger partial charge < -0.3 is 19.5 Å². The van der Waals surface area contributed by atoms with Crippen LogP contribution in [0.3, 0.4) is 0 Å². The van der Waals surface area contributed by atoms with Crippen LogP contribution in [0.15, 0.2) is 28.8 Å². The third kappa shape index (κ3) is 2.97. The molecular weight excluding hydrogens is 310 g/mol. The van der Waals surface area contributed by atoms with E-state index >= 15 is 0 Å². The van der Waals surface area contributed by atoms with Crippen molar-refractivity contribution in [2.45, 2.75) is 33.3 Å². The molecule has 2 amide bonds. The third-order valence-electron chi connectivity index (χ3n) is 3.93. The summed E-state index contributed by atoms with van der Waals surface area (Å²) in [5.74, 6) is 0.852. The molecule has 1 aromatic carbocycles. The van der Waals surface area contributed by atoms with E-state index in [1.165, 1.54) is 0 Å². The molecule has 0 saturated carbocycles. The first kappa shape index (κ1) is 16.0. The number of aromatic nitrogens is 1. The number of nitrogens with one attached hydrogen (secondary N) is 1. The van der Waals surface area contributed by atoms with Gasteiger partial charge in [-0.3, -0.25) is 9.59 Å². The van der Waals surface area contributed by atoms with Crippen LogP contribution in [0.2, 0.25) is 0 Å². The van der Waals surface area contributed by atoms with Crippen molar-refractivity contribution in [1.82, 2.24) is 5.16 Å². The SMILES string of the molecule is Cc1noc(C)c1NC(=O)CCN1C(=O)[C@@H](C)Oc2ccccc21. The molecule has 1 atom stereocenters. The molecule has 7 heteroatoms. The zero-order chi connectivity index (χ0) is 17.3. The Morgan fingerprint density at radius 2 is 2.08 bits per heavy atom. The molecule has 3 rings (SSSR count). The topological polar surface area (TPSA) is 84.7 Å². The van der Waals surface area contributed by atoms with E-state index in [4.69, 9.17) is 9.26 Å². The van der Waals surface area contributed by atoms with Gasteiger partial charge in [-0.15, -0.1) is 0 Å². The minimum atomic E-state index is -0.564. The molecule has 0 spiro atoms. The smallest absolute Gasteiger partial charge is 0.267 e. The minimum absolute atomic E-state index is 0.154. The standard InChI is InChI=1S/C17H19N3O4/c1-10-16(11(2)24-19-10)18-15(21)8-9-20-13-6-4-5-7-14(13)23-12(3)17(20)22/h4-7,12H,8-9H2,1-3H3,(H,18,21)/t12-/m1/s1. The number of carbonyl (C=O) groups excluding carboxylic acids is 2. The van der Waals surface area contributed by atoms with Crippen LogP contribution in [-0.2, 0) is 9.59 Å². The zero-order valence-corrected chi connectivity index (χ0v) is 13.8. The second-order valence-corrected chi connectivity index (χ2v) is 5.72. The van der Waals surface area contributed by atoms with Crippen LogP contribution in [0.5, 0.6) is 5.75 Å². The number of amides is 2. The highest BCUT2D eigenvalue weighted by atomic mass is 16.5. The first-order chi connectivity index (χ1) is 11.5. The molecule has 0 bridgehead atoms. The van der Waals surface area contributed by atoms with Crippen molar-refractivity contribution in [2.24, 2.45) is 0 Å². The van der Waals surface area contributed by atoms with Gasteiger partial charge in [-0.2, -0.15) is 0 Å². The van der Waals surface area contributed by atoms with Gasteiger partial charge in [-0.05, 0) is 32.9 Å². The fourth-order valence-electron chi connectivity index (χ4n) is 2.67. The van der Waals surface area contributed by atoms with Crippen molar-refractivity contribution in [1.29, 1.82) is 0 Å². The summed E-state index contributed by atoms with van der Waals surface area (Å²) in [7, 11) is 0. The van der Waals surface area contributed by atoms with Crippen molar-refractivity contribution in [2.75, 3.05) is 16.8 Å². The Hall–Kier alpha value is -2.83. The van der Waals surface area contributed by atoms with E-state index in [-0.39, 0.29) is 24.8 Å². The lowest BCUT2D eigenvalue weighted by Crippen LogP contribution is -2.45. The summed E-state index contributed by atoms with van der Waals surface area (Å²) in [5.41, 5.74) is 1.90. The fraction of sp³-hybridized carbons (Fsp3) is 0.353. The van der Waals surface area contributed by atoms with Crippen LogP contribution in [-0.4, -0.2) is 29.6 Å². The van der Waals surface area contributed by atoms with E-state index in [1.54, 1.807) is 25.7 Å². The van der Waals surface area contributed by atoms with E-state index in [9.17, 15) is 9.59 Å². The number of anilines is 2. The van der Waals surface area contributed by atoms with E-state index < -0.39 is 6.10 Å². The predicted octanol–water partition coefficient (Wildman–Crippen LogP) is 2.43. The number of hydrogen-bond acceptors (Lipinski definition) is 5. The molecule has 7 nitrogen and oxygen atoms in total. The quantitative estimate of drug-likeness (QED) is 0.931. The van der Waals surface area contributed by atoms with Crippen LogP contribution in [0, 0.1) is 13.8 Å². The van der Waals surface area contributed by atoms with Crippen LogP contribution < -0.4 is 15.0 Å².